The molecule has 9 nitrogen and oxygen atoms in total. The van der Waals surface area contributed by atoms with Gasteiger partial charge in [0, 0.05) is 41.9 Å². The van der Waals surface area contributed by atoms with Gasteiger partial charge in [-0.15, -0.1) is 0 Å². The van der Waals surface area contributed by atoms with Crippen LogP contribution in [0.2, 0.25) is 0 Å². The van der Waals surface area contributed by atoms with Gasteiger partial charge in [-0.05, 0) is 37.1 Å². The second-order valence-electron chi connectivity index (χ2n) is 10.3. The zero-order chi connectivity index (χ0) is 33.6. The minimum atomic E-state index is -4.95. The largest absolute Gasteiger partial charge is 0.494 e. The molecular formula is C32H30F5N3O6. The maximum atomic E-state index is 15.3. The Bertz CT molecular complexity index is 1840. The summed E-state index contributed by atoms with van der Waals surface area (Å²) in [4.78, 5) is 38.1. The van der Waals surface area contributed by atoms with E-state index in [1.54, 1.807) is 24.3 Å². The van der Waals surface area contributed by atoms with Crippen LogP contribution in [0.5, 0.6) is 11.5 Å². The quantitative estimate of drug-likeness (QED) is 0.148. The number of aromatic nitrogens is 2. The van der Waals surface area contributed by atoms with Crippen molar-refractivity contribution in [2.45, 2.75) is 44.6 Å². The van der Waals surface area contributed by atoms with Crippen molar-refractivity contribution in [1.29, 1.82) is 0 Å². The maximum Gasteiger partial charge on any atom is 0.416 e. The number of alkyl halides is 3. The van der Waals surface area contributed by atoms with Crippen molar-refractivity contribution >= 4 is 5.97 Å². The fourth-order valence-corrected chi connectivity index (χ4v) is 4.93. The van der Waals surface area contributed by atoms with E-state index in [1.807, 2.05) is 0 Å². The number of nitrogens with two attached hydrogens (primary N) is 1. The summed E-state index contributed by atoms with van der Waals surface area (Å²) in [5.74, 6) is -3.03. The van der Waals surface area contributed by atoms with E-state index >= 15 is 4.39 Å². The van der Waals surface area contributed by atoms with Crippen LogP contribution >= 0.6 is 0 Å². The molecule has 1 atom stereocenters. The topological polar surface area (TPSA) is 126 Å². The summed E-state index contributed by atoms with van der Waals surface area (Å²) in [5, 5.41) is 8.85. The van der Waals surface area contributed by atoms with Crippen LogP contribution < -0.4 is 26.5 Å². The van der Waals surface area contributed by atoms with Crippen LogP contribution in [0.15, 0.2) is 76.4 Å². The number of hydrogen-bond donors (Lipinski definition) is 2. The van der Waals surface area contributed by atoms with Gasteiger partial charge in [0.1, 0.15) is 11.6 Å². The van der Waals surface area contributed by atoms with Crippen molar-refractivity contribution in [2.24, 2.45) is 5.73 Å². The summed E-state index contributed by atoms with van der Waals surface area (Å²) in [5.41, 5.74) is 2.05. The second-order valence-corrected chi connectivity index (χ2v) is 10.3. The van der Waals surface area contributed by atoms with Crippen molar-refractivity contribution < 1.29 is 41.3 Å². The summed E-state index contributed by atoms with van der Waals surface area (Å²) in [7, 11) is 1.20. The van der Waals surface area contributed by atoms with Crippen molar-refractivity contribution in [2.75, 3.05) is 13.7 Å². The number of carboxylic acid groups (broad SMARTS) is 1. The Balaban J connectivity index is 1.76. The van der Waals surface area contributed by atoms with Crippen molar-refractivity contribution in [3.63, 3.8) is 0 Å². The van der Waals surface area contributed by atoms with Gasteiger partial charge in [-0.1, -0.05) is 36.4 Å². The Hall–Kier alpha value is -4.98. The van der Waals surface area contributed by atoms with Gasteiger partial charge in [0.05, 0.1) is 31.4 Å². The zero-order valence-corrected chi connectivity index (χ0v) is 24.5. The number of ether oxygens (including phenoxy) is 2. The number of para-hydroxylation sites is 1. The third-order valence-corrected chi connectivity index (χ3v) is 7.24. The highest BCUT2D eigenvalue weighted by atomic mass is 19.4. The molecule has 4 rings (SSSR count). The highest BCUT2D eigenvalue weighted by Gasteiger charge is 2.35. The van der Waals surface area contributed by atoms with Gasteiger partial charge in [-0.25, -0.2) is 13.6 Å². The minimum absolute atomic E-state index is 0.0534. The van der Waals surface area contributed by atoms with Gasteiger partial charge in [0.25, 0.3) is 5.56 Å². The van der Waals surface area contributed by atoms with Crippen LogP contribution in [0.4, 0.5) is 22.0 Å². The fraction of sp³-hybridized carbons (Fsp3) is 0.281. The number of halogens is 5. The standard InChI is InChI=1S/C32H30F5N3O6/c1-45-27-12-4-8-19(29(27)34)21-17-39(18-22-23(32(35,36)37)9-5-10-24(22)33)31(44)40(30(21)43)15-14-25(38)20-7-2-3-11-26(20)46-16-6-13-28(41)42/h2-5,7-12,17,25H,6,13-16,18,38H2,1H3,(H,41,42)/t25-/m0/s1. The highest BCUT2D eigenvalue weighted by molar-refractivity contribution is 5.66. The monoisotopic (exact) mass is 647 g/mol. The summed E-state index contributed by atoms with van der Waals surface area (Å²) >= 11 is 0. The average Bonchev–Trinajstić information content (AvgIpc) is 3.01. The summed E-state index contributed by atoms with van der Waals surface area (Å²) in [6.07, 6.45) is -3.98. The van der Waals surface area contributed by atoms with Crippen LogP contribution in [0.25, 0.3) is 11.1 Å². The molecule has 4 aromatic rings. The highest BCUT2D eigenvalue weighted by Crippen LogP contribution is 2.34. The van der Waals surface area contributed by atoms with E-state index in [9.17, 15) is 31.9 Å². The summed E-state index contributed by atoms with van der Waals surface area (Å²) in [6, 6.07) is 12.1. The van der Waals surface area contributed by atoms with Crippen molar-refractivity contribution in [3.8, 4) is 22.6 Å². The number of carbonyl (C=O) groups is 1. The number of carboxylic acids is 1. The molecule has 0 unspecified atom stereocenters. The number of aliphatic carboxylic acids is 1. The molecule has 0 saturated heterocycles. The number of rotatable bonds is 13. The van der Waals surface area contributed by atoms with Crippen LogP contribution in [0.1, 0.15) is 42.0 Å². The van der Waals surface area contributed by atoms with Gasteiger partial charge < -0.3 is 20.3 Å². The summed E-state index contributed by atoms with van der Waals surface area (Å²) in [6.45, 7) is -1.18. The molecule has 46 heavy (non-hydrogen) atoms. The molecule has 3 N–H and O–H groups in total. The first kappa shape index (κ1) is 33.9. The molecule has 0 spiro atoms. The average molecular weight is 648 g/mol. The summed E-state index contributed by atoms with van der Waals surface area (Å²) < 4.78 is 83.5. The Morgan fingerprint density at radius 1 is 0.978 bits per heavy atom. The molecular weight excluding hydrogens is 617 g/mol. The normalized spacial score (nSPS) is 12.2. The van der Waals surface area contributed by atoms with Gasteiger partial charge in [0.15, 0.2) is 11.6 Å². The Labute approximate surface area is 259 Å². The van der Waals surface area contributed by atoms with Gasteiger partial charge in [0.2, 0.25) is 0 Å². The van der Waals surface area contributed by atoms with Crippen molar-refractivity contribution in [1.82, 2.24) is 9.13 Å². The molecule has 14 heteroatoms. The lowest BCUT2D eigenvalue weighted by Crippen LogP contribution is -2.41. The first-order chi connectivity index (χ1) is 21.8. The second kappa shape index (κ2) is 14.4. The maximum absolute atomic E-state index is 15.3. The fourth-order valence-electron chi connectivity index (χ4n) is 4.93. The van der Waals surface area contributed by atoms with Gasteiger partial charge >= 0.3 is 17.8 Å². The molecule has 0 bridgehead atoms. The predicted octanol–water partition coefficient (Wildman–Crippen LogP) is 5.36. The van der Waals surface area contributed by atoms with E-state index in [0.29, 0.717) is 26.5 Å². The van der Waals surface area contributed by atoms with Crippen LogP contribution in [-0.4, -0.2) is 33.9 Å². The van der Waals surface area contributed by atoms with Crippen LogP contribution in [0, 0.1) is 11.6 Å². The third-order valence-electron chi connectivity index (χ3n) is 7.24. The SMILES string of the molecule is COc1cccc(-c2cn(Cc3c(F)cccc3C(F)(F)F)c(=O)n(CC[C@H](N)c3ccccc3OCCCC(=O)O)c2=O)c1F. The number of hydrogen-bond acceptors (Lipinski definition) is 6. The molecule has 0 fully saturated rings. The van der Waals surface area contributed by atoms with E-state index in [-0.39, 0.29) is 49.3 Å². The predicted molar refractivity (Wildman–Crippen MR) is 158 cm³/mol. The molecule has 0 amide bonds. The third kappa shape index (κ3) is 7.62. The molecule has 244 valence electrons. The van der Waals surface area contributed by atoms with E-state index in [2.05, 4.69) is 0 Å². The molecule has 0 radical (unpaired) electrons. The molecule has 0 aliphatic carbocycles. The van der Waals surface area contributed by atoms with Crippen LogP contribution in [-0.2, 0) is 24.1 Å². The molecule has 1 heterocycles. The lowest BCUT2D eigenvalue weighted by atomic mass is 10.0. The van der Waals surface area contributed by atoms with Gasteiger partial charge in [-0.2, -0.15) is 13.2 Å². The van der Waals surface area contributed by atoms with Crippen LogP contribution in [0.3, 0.4) is 0 Å². The van der Waals surface area contributed by atoms with E-state index in [0.717, 1.165) is 18.3 Å². The number of nitrogens with zero attached hydrogens (tertiary/aromatic N) is 2. The van der Waals surface area contributed by atoms with Gasteiger partial charge in [-0.3, -0.25) is 18.7 Å². The molecule has 0 aliphatic heterocycles. The smallest absolute Gasteiger partial charge is 0.416 e. The van der Waals surface area contributed by atoms with Crippen molar-refractivity contribution in [3.05, 3.63) is 116 Å². The number of benzene rings is 3. The first-order valence-electron chi connectivity index (χ1n) is 14.0. The zero-order valence-electron chi connectivity index (χ0n) is 24.5. The Morgan fingerprint density at radius 3 is 2.37 bits per heavy atom. The first-order valence-corrected chi connectivity index (χ1v) is 14.0. The van der Waals surface area contributed by atoms with E-state index in [4.69, 9.17) is 20.3 Å². The molecule has 3 aromatic carbocycles. The Morgan fingerprint density at radius 2 is 1.67 bits per heavy atom. The van der Waals surface area contributed by atoms with E-state index in [1.165, 1.54) is 25.3 Å². The molecule has 1 aromatic heterocycles. The lowest BCUT2D eigenvalue weighted by Gasteiger charge is -2.19. The lowest BCUT2D eigenvalue weighted by molar-refractivity contribution is -0.139. The molecule has 0 saturated carbocycles. The minimum Gasteiger partial charge on any atom is -0.494 e. The Kier molecular flexibility index (Phi) is 10.6. The number of methoxy groups -OCH3 is 1. The van der Waals surface area contributed by atoms with E-state index < -0.39 is 58.7 Å². The molecule has 0 aliphatic rings.